The van der Waals surface area contributed by atoms with Crippen molar-refractivity contribution in [3.8, 4) is 0 Å². The van der Waals surface area contributed by atoms with Gasteiger partial charge in [0.1, 0.15) is 11.6 Å². The molecule has 9 heteroatoms. The molecular weight excluding hydrogens is 533 g/mol. The van der Waals surface area contributed by atoms with Crippen LogP contribution >= 0.6 is 24.0 Å². The number of hydrogen-bond donors (Lipinski definition) is 2. The van der Waals surface area contributed by atoms with Crippen LogP contribution in [0.1, 0.15) is 18.4 Å². The Morgan fingerprint density at radius 2 is 1.87 bits per heavy atom. The van der Waals surface area contributed by atoms with Crippen LogP contribution < -0.4 is 10.6 Å². The second-order valence-corrected chi connectivity index (χ2v) is 8.85. The molecule has 5 nitrogen and oxygen atoms in total. The van der Waals surface area contributed by atoms with Crippen LogP contribution in [0.3, 0.4) is 0 Å². The highest BCUT2D eigenvalue weighted by molar-refractivity contribution is 14.0. The first-order valence-electron chi connectivity index (χ1n) is 10.1. The predicted octanol–water partition coefficient (Wildman–Crippen LogP) is 3.52. The van der Waals surface area contributed by atoms with Crippen molar-refractivity contribution in [1.29, 1.82) is 0 Å². The SMILES string of the molecule is CN=C(NCCS(=O)c1ccccc1)NC1CCCN(Cc2c(F)cccc2F)C1.I. The van der Waals surface area contributed by atoms with Crippen LogP contribution in [-0.2, 0) is 17.3 Å². The summed E-state index contributed by atoms with van der Waals surface area (Å²) in [4.78, 5) is 7.11. The first kappa shape index (κ1) is 25.7. The molecule has 1 saturated heterocycles. The molecule has 1 aliphatic rings. The van der Waals surface area contributed by atoms with Crippen molar-refractivity contribution in [2.75, 3.05) is 32.4 Å². The molecule has 0 spiro atoms. The molecule has 0 bridgehead atoms. The van der Waals surface area contributed by atoms with Crippen LogP contribution in [0.2, 0.25) is 0 Å². The Morgan fingerprint density at radius 3 is 2.55 bits per heavy atom. The minimum Gasteiger partial charge on any atom is -0.355 e. The maximum Gasteiger partial charge on any atom is 0.191 e. The zero-order valence-corrected chi connectivity index (χ0v) is 20.7. The average Bonchev–Trinajstić information content (AvgIpc) is 2.76. The summed E-state index contributed by atoms with van der Waals surface area (Å²) in [6.45, 7) is 2.25. The third-order valence-electron chi connectivity index (χ3n) is 5.10. The average molecular weight is 562 g/mol. The first-order chi connectivity index (χ1) is 14.6. The van der Waals surface area contributed by atoms with E-state index < -0.39 is 22.4 Å². The Hall–Kier alpha value is -1.59. The third kappa shape index (κ3) is 7.80. The van der Waals surface area contributed by atoms with Crippen molar-refractivity contribution in [3.05, 3.63) is 65.7 Å². The topological polar surface area (TPSA) is 56.7 Å². The van der Waals surface area contributed by atoms with Gasteiger partial charge in [-0.05, 0) is 43.7 Å². The van der Waals surface area contributed by atoms with Crippen molar-refractivity contribution in [2.24, 2.45) is 4.99 Å². The smallest absolute Gasteiger partial charge is 0.191 e. The van der Waals surface area contributed by atoms with Gasteiger partial charge in [-0.1, -0.05) is 24.3 Å². The van der Waals surface area contributed by atoms with Crippen molar-refractivity contribution in [1.82, 2.24) is 15.5 Å². The van der Waals surface area contributed by atoms with E-state index in [9.17, 15) is 13.0 Å². The largest absolute Gasteiger partial charge is 0.355 e. The Labute approximate surface area is 202 Å². The molecule has 1 aliphatic heterocycles. The Morgan fingerprint density at radius 1 is 1.16 bits per heavy atom. The van der Waals surface area contributed by atoms with Crippen LogP contribution in [0, 0.1) is 11.6 Å². The molecule has 0 aliphatic carbocycles. The minimum absolute atomic E-state index is 0. The Balaban J connectivity index is 0.00000341. The van der Waals surface area contributed by atoms with Crippen LogP contribution in [0.4, 0.5) is 8.78 Å². The summed E-state index contributed by atoms with van der Waals surface area (Å²) in [6.07, 6.45) is 1.88. The van der Waals surface area contributed by atoms with Gasteiger partial charge in [-0.3, -0.25) is 14.1 Å². The number of nitrogens with one attached hydrogen (secondary N) is 2. The molecule has 2 atom stereocenters. The lowest BCUT2D eigenvalue weighted by molar-refractivity contribution is 0.188. The van der Waals surface area contributed by atoms with Gasteiger partial charge in [-0.2, -0.15) is 0 Å². The van der Waals surface area contributed by atoms with E-state index in [1.807, 2.05) is 30.3 Å². The standard InChI is InChI=1S/C22H28F2N4OS.HI/c1-25-22(26-12-14-30(29)18-8-3-2-4-9-18)27-17-7-6-13-28(15-17)16-19-20(23)10-5-11-21(19)24;/h2-5,8-11,17H,6-7,12-16H2,1H3,(H2,25,26,27);1H. The van der Waals surface area contributed by atoms with Gasteiger partial charge in [-0.15, -0.1) is 24.0 Å². The fourth-order valence-electron chi connectivity index (χ4n) is 3.56. The van der Waals surface area contributed by atoms with E-state index >= 15 is 0 Å². The summed E-state index contributed by atoms with van der Waals surface area (Å²) >= 11 is 0. The van der Waals surface area contributed by atoms with Crippen molar-refractivity contribution < 1.29 is 13.0 Å². The monoisotopic (exact) mass is 562 g/mol. The summed E-state index contributed by atoms with van der Waals surface area (Å²) in [5.41, 5.74) is 0.115. The summed E-state index contributed by atoms with van der Waals surface area (Å²) in [6, 6.07) is 13.5. The zero-order chi connectivity index (χ0) is 21.3. The summed E-state index contributed by atoms with van der Waals surface area (Å²) in [5, 5.41) is 6.58. The van der Waals surface area contributed by atoms with E-state index in [2.05, 4.69) is 20.5 Å². The van der Waals surface area contributed by atoms with Gasteiger partial charge in [0, 0.05) is 48.9 Å². The van der Waals surface area contributed by atoms with Gasteiger partial charge < -0.3 is 10.6 Å². The van der Waals surface area contributed by atoms with E-state index in [-0.39, 0.29) is 42.1 Å². The van der Waals surface area contributed by atoms with E-state index in [0.29, 0.717) is 24.8 Å². The number of rotatable bonds is 7. The minimum atomic E-state index is -1.07. The maximum atomic E-state index is 14.0. The lowest BCUT2D eigenvalue weighted by atomic mass is 10.0. The summed E-state index contributed by atoms with van der Waals surface area (Å²) in [5.74, 6) is 0.112. The van der Waals surface area contributed by atoms with Gasteiger partial charge in [0.25, 0.3) is 0 Å². The van der Waals surface area contributed by atoms with Crippen LogP contribution in [0.25, 0.3) is 0 Å². The highest BCUT2D eigenvalue weighted by atomic mass is 127. The number of aliphatic imine (C=N–C) groups is 1. The normalized spacial score (nSPS) is 18.2. The van der Waals surface area contributed by atoms with Gasteiger partial charge in [0.05, 0.1) is 10.8 Å². The molecule has 3 rings (SSSR count). The molecule has 0 saturated carbocycles. The van der Waals surface area contributed by atoms with Crippen LogP contribution in [0.15, 0.2) is 58.4 Å². The molecule has 31 heavy (non-hydrogen) atoms. The van der Waals surface area contributed by atoms with Gasteiger partial charge in [0.15, 0.2) is 5.96 Å². The van der Waals surface area contributed by atoms with Crippen LogP contribution in [-0.4, -0.2) is 53.5 Å². The Bertz CT molecular complexity index is 865. The molecule has 2 aromatic rings. The highest BCUT2D eigenvalue weighted by Gasteiger charge is 2.22. The number of likely N-dealkylation sites (tertiary alicyclic amines) is 1. The third-order valence-corrected chi connectivity index (χ3v) is 6.47. The first-order valence-corrected chi connectivity index (χ1v) is 11.4. The molecule has 0 aromatic heterocycles. The quantitative estimate of drug-likeness (QED) is 0.308. The van der Waals surface area contributed by atoms with Gasteiger partial charge >= 0.3 is 0 Å². The fourth-order valence-corrected chi connectivity index (χ4v) is 4.55. The number of benzene rings is 2. The molecule has 0 amide bonds. The summed E-state index contributed by atoms with van der Waals surface area (Å²) < 4.78 is 40.2. The van der Waals surface area contributed by atoms with E-state index in [1.54, 1.807) is 7.05 Å². The summed E-state index contributed by atoms with van der Waals surface area (Å²) in [7, 11) is 0.627. The predicted molar refractivity (Wildman–Crippen MR) is 132 cm³/mol. The lowest BCUT2D eigenvalue weighted by Crippen LogP contribution is -2.51. The van der Waals surface area contributed by atoms with Gasteiger partial charge in [-0.25, -0.2) is 8.78 Å². The molecular formula is C22H29F2IN4OS. The molecule has 1 fully saturated rings. The molecule has 0 radical (unpaired) electrons. The van der Waals surface area contributed by atoms with E-state index in [4.69, 9.17) is 0 Å². The van der Waals surface area contributed by atoms with Gasteiger partial charge in [0.2, 0.25) is 0 Å². The van der Waals surface area contributed by atoms with E-state index in [0.717, 1.165) is 24.3 Å². The molecule has 2 unspecified atom stereocenters. The highest BCUT2D eigenvalue weighted by Crippen LogP contribution is 2.18. The number of guanidine groups is 1. The van der Waals surface area contributed by atoms with E-state index in [1.165, 1.54) is 18.2 Å². The Kier molecular flexibility index (Phi) is 10.8. The fraction of sp³-hybridized carbons (Fsp3) is 0.409. The van der Waals surface area contributed by atoms with Crippen molar-refractivity contribution in [3.63, 3.8) is 0 Å². The maximum absolute atomic E-state index is 14.0. The molecule has 2 aromatic carbocycles. The lowest BCUT2D eigenvalue weighted by Gasteiger charge is -2.34. The van der Waals surface area contributed by atoms with Crippen molar-refractivity contribution in [2.45, 2.75) is 30.3 Å². The molecule has 1 heterocycles. The molecule has 2 N–H and O–H groups in total. The van der Waals surface area contributed by atoms with Crippen molar-refractivity contribution >= 4 is 40.7 Å². The molecule has 170 valence electrons. The number of nitrogens with zero attached hydrogens (tertiary/aromatic N) is 2. The number of hydrogen-bond acceptors (Lipinski definition) is 3. The second kappa shape index (κ2) is 13.1. The zero-order valence-electron chi connectivity index (χ0n) is 17.5. The number of piperidine rings is 1. The second-order valence-electron chi connectivity index (χ2n) is 7.28. The van der Waals surface area contributed by atoms with Crippen LogP contribution in [0.5, 0.6) is 0 Å². The number of halogens is 3.